The average molecular weight is 377 g/mol. The Hall–Kier alpha value is -3.10. The molecule has 0 saturated carbocycles. The molecule has 0 aliphatic carbocycles. The van der Waals surface area contributed by atoms with E-state index in [1.165, 1.54) is 0 Å². The van der Waals surface area contributed by atoms with E-state index < -0.39 is 0 Å². The molecule has 1 saturated heterocycles. The summed E-state index contributed by atoms with van der Waals surface area (Å²) in [6.45, 7) is 3.33. The van der Waals surface area contributed by atoms with Crippen LogP contribution < -0.4 is 10.2 Å². The Morgan fingerprint density at radius 2 is 1.96 bits per heavy atom. The largest absolute Gasteiger partial charge is 0.383 e. The number of aromatic nitrogens is 5. The van der Waals surface area contributed by atoms with Gasteiger partial charge in [0.2, 0.25) is 5.95 Å². The Balaban J connectivity index is 1.39. The van der Waals surface area contributed by atoms with Gasteiger partial charge in [-0.25, -0.2) is 19.9 Å². The Morgan fingerprint density at radius 1 is 1.14 bits per heavy atom. The van der Waals surface area contributed by atoms with Crippen molar-refractivity contribution in [3.05, 3.63) is 60.6 Å². The number of hydrogen-bond donors (Lipinski definition) is 1. The molecule has 1 N–H and O–H groups in total. The van der Waals surface area contributed by atoms with E-state index in [0.717, 1.165) is 42.5 Å². The number of methoxy groups -OCH3 is 1. The number of imidazole rings is 1. The van der Waals surface area contributed by atoms with Gasteiger partial charge >= 0.3 is 0 Å². The van der Waals surface area contributed by atoms with Crippen molar-refractivity contribution in [2.45, 2.75) is 6.04 Å². The fourth-order valence-electron chi connectivity index (χ4n) is 3.14. The molecule has 4 rings (SSSR count). The molecule has 0 amide bonds. The maximum Gasteiger partial charge on any atom is 0.225 e. The van der Waals surface area contributed by atoms with Crippen LogP contribution in [-0.4, -0.2) is 63.9 Å². The SMILES string of the molecule is COC[C@H]1CN(c2ncc(/C=C/c3ccc(-n4ccnc4)nc3)cn2)CCN1. The Kier molecular flexibility index (Phi) is 5.69. The van der Waals surface area contributed by atoms with Crippen LogP contribution in [0.2, 0.25) is 0 Å². The van der Waals surface area contributed by atoms with E-state index in [1.54, 1.807) is 19.6 Å². The van der Waals surface area contributed by atoms with E-state index in [1.807, 2.05) is 53.6 Å². The molecule has 28 heavy (non-hydrogen) atoms. The summed E-state index contributed by atoms with van der Waals surface area (Å²) < 4.78 is 7.11. The molecule has 1 aliphatic heterocycles. The van der Waals surface area contributed by atoms with Gasteiger partial charge in [0.05, 0.1) is 6.61 Å². The van der Waals surface area contributed by atoms with Gasteiger partial charge in [0, 0.05) is 69.3 Å². The highest BCUT2D eigenvalue weighted by molar-refractivity contribution is 5.68. The summed E-state index contributed by atoms with van der Waals surface area (Å²) in [5.74, 6) is 1.59. The minimum Gasteiger partial charge on any atom is -0.383 e. The van der Waals surface area contributed by atoms with Crippen LogP contribution in [-0.2, 0) is 4.74 Å². The predicted molar refractivity (Wildman–Crippen MR) is 108 cm³/mol. The normalized spacial score (nSPS) is 17.3. The van der Waals surface area contributed by atoms with Crippen molar-refractivity contribution in [3.8, 4) is 5.82 Å². The molecule has 0 bridgehead atoms. The van der Waals surface area contributed by atoms with Crippen LogP contribution in [0.1, 0.15) is 11.1 Å². The topological polar surface area (TPSA) is 81.0 Å². The molecule has 4 heterocycles. The number of pyridine rings is 1. The number of piperazine rings is 1. The molecule has 3 aromatic rings. The second-order valence-electron chi connectivity index (χ2n) is 6.62. The zero-order valence-electron chi connectivity index (χ0n) is 15.8. The number of anilines is 1. The zero-order valence-corrected chi connectivity index (χ0v) is 15.8. The highest BCUT2D eigenvalue weighted by Gasteiger charge is 2.20. The van der Waals surface area contributed by atoms with Crippen molar-refractivity contribution in [2.24, 2.45) is 0 Å². The van der Waals surface area contributed by atoms with Crippen LogP contribution in [0.5, 0.6) is 0 Å². The van der Waals surface area contributed by atoms with Gasteiger partial charge in [0.1, 0.15) is 12.1 Å². The molecule has 0 spiro atoms. The van der Waals surface area contributed by atoms with E-state index in [2.05, 4.69) is 30.2 Å². The number of rotatable bonds is 6. The van der Waals surface area contributed by atoms with Crippen molar-refractivity contribution < 1.29 is 4.74 Å². The lowest BCUT2D eigenvalue weighted by molar-refractivity contribution is 0.163. The van der Waals surface area contributed by atoms with E-state index in [4.69, 9.17) is 4.74 Å². The van der Waals surface area contributed by atoms with E-state index in [-0.39, 0.29) is 0 Å². The van der Waals surface area contributed by atoms with Crippen molar-refractivity contribution in [1.82, 2.24) is 29.8 Å². The van der Waals surface area contributed by atoms with Crippen molar-refractivity contribution >= 4 is 18.1 Å². The molecule has 1 aliphatic rings. The number of ether oxygens (including phenoxy) is 1. The molecule has 0 radical (unpaired) electrons. The Bertz CT molecular complexity index is 889. The number of nitrogens with zero attached hydrogens (tertiary/aromatic N) is 6. The van der Waals surface area contributed by atoms with Crippen molar-refractivity contribution in [3.63, 3.8) is 0 Å². The second kappa shape index (κ2) is 8.73. The molecule has 8 heteroatoms. The number of hydrogen-bond acceptors (Lipinski definition) is 7. The van der Waals surface area contributed by atoms with Gasteiger partial charge in [-0.05, 0) is 17.7 Å². The third-order valence-electron chi connectivity index (χ3n) is 4.57. The smallest absolute Gasteiger partial charge is 0.225 e. The summed E-state index contributed by atoms with van der Waals surface area (Å²) in [4.78, 5) is 19.7. The summed E-state index contributed by atoms with van der Waals surface area (Å²) in [6, 6.07) is 4.28. The Labute approximate surface area is 163 Å². The summed E-state index contributed by atoms with van der Waals surface area (Å²) in [5.41, 5.74) is 1.96. The first kappa shape index (κ1) is 18.3. The van der Waals surface area contributed by atoms with Gasteiger partial charge < -0.3 is 15.0 Å². The van der Waals surface area contributed by atoms with E-state index in [9.17, 15) is 0 Å². The summed E-state index contributed by atoms with van der Waals surface area (Å²) in [5, 5.41) is 3.44. The maximum absolute atomic E-state index is 5.24. The van der Waals surface area contributed by atoms with E-state index in [0.29, 0.717) is 12.6 Å². The quantitative estimate of drug-likeness (QED) is 0.699. The van der Waals surface area contributed by atoms with E-state index >= 15 is 0 Å². The van der Waals surface area contributed by atoms with Gasteiger partial charge in [-0.2, -0.15) is 0 Å². The second-order valence-corrected chi connectivity index (χ2v) is 6.62. The van der Waals surface area contributed by atoms with Crippen molar-refractivity contribution in [1.29, 1.82) is 0 Å². The van der Waals surface area contributed by atoms with Crippen LogP contribution in [0.25, 0.3) is 18.0 Å². The zero-order chi connectivity index (χ0) is 19.2. The third-order valence-corrected chi connectivity index (χ3v) is 4.57. The van der Waals surface area contributed by atoms with Crippen LogP contribution in [0.3, 0.4) is 0 Å². The van der Waals surface area contributed by atoms with Crippen LogP contribution >= 0.6 is 0 Å². The first-order chi connectivity index (χ1) is 13.8. The molecular weight excluding hydrogens is 354 g/mol. The molecule has 1 fully saturated rings. The van der Waals surface area contributed by atoms with Crippen LogP contribution in [0.4, 0.5) is 5.95 Å². The third kappa shape index (κ3) is 4.41. The van der Waals surface area contributed by atoms with Crippen LogP contribution in [0.15, 0.2) is 49.4 Å². The number of nitrogens with one attached hydrogen (secondary N) is 1. The maximum atomic E-state index is 5.24. The molecule has 144 valence electrons. The molecule has 0 aromatic carbocycles. The molecule has 8 nitrogen and oxygen atoms in total. The van der Waals surface area contributed by atoms with Gasteiger partial charge in [-0.15, -0.1) is 0 Å². The average Bonchev–Trinajstić information content (AvgIpc) is 3.28. The molecular formula is C20H23N7O. The van der Waals surface area contributed by atoms with Gasteiger partial charge in [-0.1, -0.05) is 12.2 Å². The monoisotopic (exact) mass is 377 g/mol. The van der Waals surface area contributed by atoms with Gasteiger partial charge in [0.15, 0.2) is 0 Å². The van der Waals surface area contributed by atoms with Gasteiger partial charge in [-0.3, -0.25) is 4.57 Å². The fraction of sp³-hybridized carbons (Fsp3) is 0.300. The van der Waals surface area contributed by atoms with Crippen molar-refractivity contribution in [2.75, 3.05) is 38.3 Å². The lowest BCUT2D eigenvalue weighted by Crippen LogP contribution is -2.53. The predicted octanol–water partition coefficient (Wildman–Crippen LogP) is 1.65. The van der Waals surface area contributed by atoms with Gasteiger partial charge in [0.25, 0.3) is 0 Å². The first-order valence-electron chi connectivity index (χ1n) is 9.23. The Morgan fingerprint density at radius 3 is 2.68 bits per heavy atom. The standard InChI is InChI=1S/C20H23N7O/c1-28-14-18-13-26(9-7-22-18)20-24-11-17(12-25-20)3-2-16-4-5-19(23-10-16)27-8-6-21-15-27/h2-6,8,10-12,15,18,22H,7,9,13-14H2,1H3/b3-2+/t18-/m1/s1. The minimum atomic E-state index is 0.305. The lowest BCUT2D eigenvalue weighted by Gasteiger charge is -2.33. The molecule has 3 aromatic heterocycles. The summed E-state index contributed by atoms with van der Waals surface area (Å²) in [7, 11) is 1.72. The highest BCUT2D eigenvalue weighted by Crippen LogP contribution is 2.13. The summed E-state index contributed by atoms with van der Waals surface area (Å²) in [6.07, 6.45) is 14.8. The first-order valence-corrected chi connectivity index (χ1v) is 9.23. The lowest BCUT2D eigenvalue weighted by atomic mass is 10.2. The van der Waals surface area contributed by atoms with Crippen LogP contribution in [0, 0.1) is 0 Å². The fourth-order valence-corrected chi connectivity index (χ4v) is 3.14. The highest BCUT2D eigenvalue weighted by atomic mass is 16.5. The minimum absolute atomic E-state index is 0.305. The molecule has 0 unspecified atom stereocenters. The molecule has 1 atom stereocenters. The summed E-state index contributed by atoms with van der Waals surface area (Å²) >= 11 is 0.